The Morgan fingerprint density at radius 1 is 0.833 bits per heavy atom. The van der Waals surface area contributed by atoms with Gasteiger partial charge in [-0.15, -0.1) is 0 Å². The van der Waals surface area contributed by atoms with Crippen LogP contribution in [0, 0.1) is 5.41 Å². The topological polar surface area (TPSA) is 175 Å². The number of nitrogen functional groups attached to an aromatic ring is 1. The van der Waals surface area contributed by atoms with Gasteiger partial charge >= 0.3 is 23.9 Å². The highest BCUT2D eigenvalue weighted by atomic mass is 16.5. The molecule has 12 nitrogen and oxygen atoms in total. The summed E-state index contributed by atoms with van der Waals surface area (Å²) in [4.78, 5) is 64.4. The molecule has 0 fully saturated rings. The van der Waals surface area contributed by atoms with E-state index in [4.69, 9.17) is 30.1 Å². The van der Waals surface area contributed by atoms with E-state index < -0.39 is 48.8 Å². The molecule has 2 rings (SSSR count). The molecule has 0 saturated carbocycles. The van der Waals surface area contributed by atoms with Crippen LogP contribution in [0.15, 0.2) is 54.1 Å². The Hall–Kier alpha value is -5.00. The highest BCUT2D eigenvalue weighted by Gasteiger charge is 2.35. The molecule has 0 aliphatic carbocycles. The largest absolute Gasteiger partial charge is 0.466 e. The van der Waals surface area contributed by atoms with Crippen molar-refractivity contribution in [3.63, 3.8) is 0 Å². The van der Waals surface area contributed by atoms with Crippen molar-refractivity contribution in [2.45, 2.75) is 40.2 Å². The van der Waals surface area contributed by atoms with Gasteiger partial charge in [0.25, 0.3) is 5.91 Å². The average Bonchev–Trinajstić information content (AvgIpc) is 2.95. The number of esters is 4. The number of hydrogen-bond donors (Lipinski definition) is 2. The van der Waals surface area contributed by atoms with Gasteiger partial charge < -0.3 is 29.6 Å². The number of benzene rings is 2. The Morgan fingerprint density at radius 2 is 1.38 bits per heavy atom. The minimum atomic E-state index is -1.43. The van der Waals surface area contributed by atoms with Crippen LogP contribution in [0.2, 0.25) is 0 Å². The molecule has 0 bridgehead atoms. The molecule has 224 valence electrons. The Kier molecular flexibility index (Phi) is 12.9. The van der Waals surface area contributed by atoms with E-state index in [1.165, 1.54) is 37.3 Å². The molecule has 12 heteroatoms. The number of amidine groups is 1. The van der Waals surface area contributed by atoms with Gasteiger partial charge in [-0.2, -0.15) is 0 Å². The molecule has 0 spiro atoms. The van der Waals surface area contributed by atoms with Crippen LogP contribution in [0.3, 0.4) is 0 Å². The third-order valence-electron chi connectivity index (χ3n) is 5.71. The number of nitrogens with zero attached hydrogens (tertiary/aromatic N) is 1. The van der Waals surface area contributed by atoms with Crippen molar-refractivity contribution in [3.05, 3.63) is 70.8 Å². The van der Waals surface area contributed by atoms with Crippen LogP contribution >= 0.6 is 0 Å². The maximum atomic E-state index is 13.5. The molecule has 2 aromatic carbocycles. The number of carbonyl (C=O) groups is 5. The number of ether oxygens (including phenoxy) is 4. The number of amides is 1. The van der Waals surface area contributed by atoms with E-state index in [9.17, 15) is 24.0 Å². The van der Waals surface area contributed by atoms with E-state index in [0.29, 0.717) is 11.1 Å². The molecule has 1 amide bonds. The summed E-state index contributed by atoms with van der Waals surface area (Å²) in [6.07, 6.45) is 0.988. The van der Waals surface area contributed by atoms with Gasteiger partial charge in [-0.1, -0.05) is 12.1 Å². The van der Waals surface area contributed by atoms with Gasteiger partial charge in [-0.3, -0.25) is 19.8 Å². The van der Waals surface area contributed by atoms with Crippen LogP contribution in [-0.4, -0.2) is 72.9 Å². The smallest absolute Gasteiger partial charge is 0.343 e. The minimum Gasteiger partial charge on any atom is -0.466 e. The molecule has 3 N–H and O–H groups in total. The number of nitrogens with one attached hydrogen (secondary N) is 1. The first kappa shape index (κ1) is 33.2. The third-order valence-corrected chi connectivity index (χ3v) is 5.71. The van der Waals surface area contributed by atoms with Crippen LogP contribution in [-0.2, 0) is 33.4 Å². The van der Waals surface area contributed by atoms with Crippen LogP contribution < -0.4 is 10.5 Å². The van der Waals surface area contributed by atoms with E-state index >= 15 is 0 Å². The fourth-order valence-electron chi connectivity index (χ4n) is 3.73. The Bertz CT molecular complexity index is 1320. The summed E-state index contributed by atoms with van der Waals surface area (Å²) in [5, 5.41) is 7.43. The van der Waals surface area contributed by atoms with E-state index in [1.54, 1.807) is 45.0 Å². The van der Waals surface area contributed by atoms with Crippen LogP contribution in [0.25, 0.3) is 6.08 Å². The number of carbonyl (C=O) groups excluding carboxylic acids is 5. The van der Waals surface area contributed by atoms with Crippen molar-refractivity contribution in [1.82, 2.24) is 4.90 Å². The minimum absolute atomic E-state index is 0.00702. The predicted molar refractivity (Wildman–Crippen MR) is 153 cm³/mol. The Balaban J connectivity index is 2.28. The quantitative estimate of drug-likeness (QED) is 0.0842. The van der Waals surface area contributed by atoms with Crippen molar-refractivity contribution >= 4 is 41.7 Å². The standard InChI is InChI=1S/C30H35N3O9/c1-5-39-25(34)17-24(30(38)41-7-3)33(18-26(35)40-6-2)28(36)19(4)16-20-8-10-22(11-9-20)29(37)42-23-14-12-21(13-15-23)27(31)32/h8-16,24H,5-7,17-18H2,1-4H3,(H3,31,32)/b19-16+/t24-/m0/s1. The second kappa shape index (κ2) is 16.3. The van der Waals surface area contributed by atoms with Gasteiger partial charge in [0.1, 0.15) is 24.2 Å². The highest BCUT2D eigenvalue weighted by Crippen LogP contribution is 2.18. The normalized spacial score (nSPS) is 11.6. The van der Waals surface area contributed by atoms with Crippen molar-refractivity contribution in [2.75, 3.05) is 26.4 Å². The number of hydrogen-bond acceptors (Lipinski definition) is 10. The highest BCUT2D eigenvalue weighted by molar-refractivity contribution is 6.01. The predicted octanol–water partition coefficient (Wildman–Crippen LogP) is 2.87. The lowest BCUT2D eigenvalue weighted by atomic mass is 10.1. The maximum Gasteiger partial charge on any atom is 0.343 e. The van der Waals surface area contributed by atoms with Gasteiger partial charge in [0.2, 0.25) is 0 Å². The summed E-state index contributed by atoms with van der Waals surface area (Å²) < 4.78 is 20.4. The maximum absolute atomic E-state index is 13.5. The van der Waals surface area contributed by atoms with Gasteiger partial charge in [-0.25, -0.2) is 9.59 Å². The fourth-order valence-corrected chi connectivity index (χ4v) is 3.73. The summed E-state index contributed by atoms with van der Waals surface area (Å²) in [7, 11) is 0. The van der Waals surface area contributed by atoms with Crippen LogP contribution in [0.4, 0.5) is 0 Å². The molecular weight excluding hydrogens is 546 g/mol. The van der Waals surface area contributed by atoms with Crippen LogP contribution in [0.5, 0.6) is 5.75 Å². The number of nitrogens with two attached hydrogens (primary N) is 1. The van der Waals surface area contributed by atoms with Crippen molar-refractivity contribution in [2.24, 2.45) is 5.73 Å². The van der Waals surface area contributed by atoms with Gasteiger partial charge in [-0.05, 0) is 75.7 Å². The number of rotatable bonds is 14. The zero-order chi connectivity index (χ0) is 31.2. The molecule has 0 aliphatic heterocycles. The van der Waals surface area contributed by atoms with Crippen molar-refractivity contribution in [3.8, 4) is 5.75 Å². The zero-order valence-electron chi connectivity index (χ0n) is 24.0. The van der Waals surface area contributed by atoms with E-state index in [1.807, 2.05) is 0 Å². The van der Waals surface area contributed by atoms with Gasteiger partial charge in [0.15, 0.2) is 0 Å². The molecule has 0 heterocycles. The molecular formula is C30H35N3O9. The summed E-state index contributed by atoms with van der Waals surface area (Å²) in [6, 6.07) is 10.9. The zero-order valence-corrected chi connectivity index (χ0v) is 24.0. The van der Waals surface area contributed by atoms with Gasteiger partial charge in [0.05, 0.1) is 31.8 Å². The monoisotopic (exact) mass is 581 g/mol. The second-order valence-corrected chi connectivity index (χ2v) is 8.79. The molecule has 0 saturated heterocycles. The molecule has 0 aromatic heterocycles. The van der Waals surface area contributed by atoms with E-state index in [-0.39, 0.29) is 42.5 Å². The molecule has 0 aliphatic rings. The second-order valence-electron chi connectivity index (χ2n) is 8.79. The average molecular weight is 582 g/mol. The summed E-state index contributed by atoms with van der Waals surface area (Å²) in [5.41, 5.74) is 6.84. The first-order valence-corrected chi connectivity index (χ1v) is 13.2. The lowest BCUT2D eigenvalue weighted by Gasteiger charge is -2.29. The lowest BCUT2D eigenvalue weighted by Crippen LogP contribution is -2.50. The van der Waals surface area contributed by atoms with Gasteiger partial charge in [0, 0.05) is 11.1 Å². The first-order valence-electron chi connectivity index (χ1n) is 13.2. The van der Waals surface area contributed by atoms with Crippen LogP contribution in [0.1, 0.15) is 55.6 Å². The Labute approximate surface area is 243 Å². The SMILES string of the molecule is CCOC(=O)C[C@@H](C(=O)OCC)N(CC(=O)OCC)C(=O)/C(C)=C/c1ccc(C(=O)Oc2ccc(C(=N)N)cc2)cc1. The first-order chi connectivity index (χ1) is 20.0. The Morgan fingerprint density at radius 3 is 1.93 bits per heavy atom. The van der Waals surface area contributed by atoms with E-state index in [2.05, 4.69) is 0 Å². The molecule has 1 atom stereocenters. The van der Waals surface area contributed by atoms with Crippen molar-refractivity contribution < 1.29 is 42.9 Å². The molecule has 0 radical (unpaired) electrons. The van der Waals surface area contributed by atoms with E-state index in [0.717, 1.165) is 4.90 Å². The molecule has 42 heavy (non-hydrogen) atoms. The lowest BCUT2D eigenvalue weighted by molar-refractivity contribution is -0.162. The molecule has 0 unspecified atom stereocenters. The fraction of sp³-hybridized carbons (Fsp3) is 0.333. The summed E-state index contributed by atoms with van der Waals surface area (Å²) in [5.74, 6) is -3.53. The van der Waals surface area contributed by atoms with Crippen molar-refractivity contribution in [1.29, 1.82) is 5.41 Å². The summed E-state index contributed by atoms with van der Waals surface area (Å²) >= 11 is 0. The third kappa shape index (κ3) is 9.88. The summed E-state index contributed by atoms with van der Waals surface area (Å²) in [6.45, 7) is 5.77. The molecule has 2 aromatic rings.